The predicted molar refractivity (Wildman–Crippen MR) is 68.1 cm³/mol. The first kappa shape index (κ1) is 11.6. The molecule has 0 fully saturated rings. The third-order valence-electron chi connectivity index (χ3n) is 3.14. The number of carbonyl (C=O) groups is 2. The van der Waals surface area contributed by atoms with E-state index in [1.807, 2.05) is 39.0 Å². The molecule has 1 aromatic rings. The Bertz CT molecular complexity index is 515. The van der Waals surface area contributed by atoms with E-state index >= 15 is 0 Å². The molecule has 0 bridgehead atoms. The van der Waals surface area contributed by atoms with Crippen LogP contribution in [0.4, 0.5) is 5.69 Å². The highest BCUT2D eigenvalue weighted by atomic mass is 16.1. The molecular formula is C14H15NO2. The standard InChI is InChI=1S/C14H15NO2/c1-10-7-14(2,3)15(9-17)13-5-4-11(8-16)6-12(10)13/h4-9H,1-3H3. The van der Waals surface area contributed by atoms with Crippen LogP contribution in [0, 0.1) is 0 Å². The lowest BCUT2D eigenvalue weighted by Gasteiger charge is -2.39. The molecule has 0 saturated heterocycles. The largest absolute Gasteiger partial charge is 0.305 e. The Morgan fingerprint density at radius 3 is 2.53 bits per heavy atom. The quantitative estimate of drug-likeness (QED) is 0.731. The summed E-state index contributed by atoms with van der Waals surface area (Å²) >= 11 is 0. The van der Waals surface area contributed by atoms with E-state index in [1.54, 1.807) is 11.0 Å². The molecule has 0 spiro atoms. The number of nitrogens with zero attached hydrogens (tertiary/aromatic N) is 1. The van der Waals surface area contributed by atoms with Gasteiger partial charge < -0.3 is 4.90 Å². The number of hydrogen-bond acceptors (Lipinski definition) is 2. The lowest BCUT2D eigenvalue weighted by atomic mass is 9.88. The maximum atomic E-state index is 11.2. The van der Waals surface area contributed by atoms with E-state index in [0.717, 1.165) is 29.5 Å². The second-order valence-corrected chi connectivity index (χ2v) is 4.85. The Hall–Kier alpha value is -1.90. The summed E-state index contributed by atoms with van der Waals surface area (Å²) in [5, 5.41) is 0. The van der Waals surface area contributed by atoms with Crippen molar-refractivity contribution < 1.29 is 9.59 Å². The van der Waals surface area contributed by atoms with Crippen molar-refractivity contribution in [3.8, 4) is 0 Å². The fourth-order valence-electron chi connectivity index (χ4n) is 2.33. The molecule has 1 heterocycles. The van der Waals surface area contributed by atoms with Gasteiger partial charge in [0.2, 0.25) is 6.41 Å². The highest BCUT2D eigenvalue weighted by Crippen LogP contribution is 2.38. The van der Waals surface area contributed by atoms with Crippen molar-refractivity contribution in [2.45, 2.75) is 26.3 Å². The molecule has 0 N–H and O–H groups in total. The first-order chi connectivity index (χ1) is 7.99. The Balaban J connectivity index is 2.67. The van der Waals surface area contributed by atoms with Gasteiger partial charge in [0.15, 0.2) is 0 Å². The summed E-state index contributed by atoms with van der Waals surface area (Å²) in [7, 11) is 0. The fraction of sp³-hybridized carbons (Fsp3) is 0.286. The molecular weight excluding hydrogens is 214 g/mol. The van der Waals surface area contributed by atoms with Gasteiger partial charge in [-0.2, -0.15) is 0 Å². The van der Waals surface area contributed by atoms with Gasteiger partial charge in [-0.1, -0.05) is 6.08 Å². The number of allylic oxidation sites excluding steroid dienone is 1. The number of anilines is 1. The highest BCUT2D eigenvalue weighted by molar-refractivity contribution is 5.92. The minimum atomic E-state index is -0.332. The van der Waals surface area contributed by atoms with Crippen molar-refractivity contribution in [1.82, 2.24) is 0 Å². The summed E-state index contributed by atoms with van der Waals surface area (Å²) in [4.78, 5) is 23.7. The Morgan fingerprint density at radius 1 is 1.24 bits per heavy atom. The number of benzene rings is 1. The van der Waals surface area contributed by atoms with Gasteiger partial charge in [0, 0.05) is 11.1 Å². The van der Waals surface area contributed by atoms with Crippen molar-refractivity contribution in [3.63, 3.8) is 0 Å². The molecule has 1 aliphatic rings. The van der Waals surface area contributed by atoms with Gasteiger partial charge >= 0.3 is 0 Å². The van der Waals surface area contributed by atoms with Gasteiger partial charge in [-0.3, -0.25) is 9.59 Å². The highest BCUT2D eigenvalue weighted by Gasteiger charge is 2.30. The molecule has 2 rings (SSSR count). The van der Waals surface area contributed by atoms with Crippen molar-refractivity contribution >= 4 is 24.0 Å². The number of rotatable bonds is 2. The molecule has 17 heavy (non-hydrogen) atoms. The lowest BCUT2D eigenvalue weighted by molar-refractivity contribution is -0.108. The lowest BCUT2D eigenvalue weighted by Crippen LogP contribution is -2.44. The van der Waals surface area contributed by atoms with Crippen molar-refractivity contribution in [1.29, 1.82) is 0 Å². The van der Waals surface area contributed by atoms with Gasteiger partial charge in [-0.15, -0.1) is 0 Å². The molecule has 0 unspecified atom stereocenters. The van der Waals surface area contributed by atoms with Crippen LogP contribution in [0.25, 0.3) is 5.57 Å². The SMILES string of the molecule is CC1=CC(C)(C)N(C=O)c2ccc(C=O)cc21. The smallest absolute Gasteiger partial charge is 0.214 e. The third-order valence-corrected chi connectivity index (χ3v) is 3.14. The summed E-state index contributed by atoms with van der Waals surface area (Å²) in [5.41, 5.74) is 3.19. The van der Waals surface area contributed by atoms with Gasteiger partial charge in [-0.05, 0) is 44.5 Å². The summed E-state index contributed by atoms with van der Waals surface area (Å²) < 4.78 is 0. The number of amides is 1. The van der Waals surface area contributed by atoms with E-state index < -0.39 is 0 Å². The van der Waals surface area contributed by atoms with Gasteiger partial charge in [0.1, 0.15) is 6.29 Å². The molecule has 0 saturated carbocycles. The number of carbonyl (C=O) groups excluding carboxylic acids is 2. The van der Waals surface area contributed by atoms with E-state index in [9.17, 15) is 9.59 Å². The minimum Gasteiger partial charge on any atom is -0.305 e. The molecule has 0 atom stereocenters. The zero-order valence-corrected chi connectivity index (χ0v) is 10.2. The molecule has 1 aromatic carbocycles. The van der Waals surface area contributed by atoms with E-state index in [4.69, 9.17) is 0 Å². The first-order valence-electron chi connectivity index (χ1n) is 5.53. The zero-order valence-electron chi connectivity index (χ0n) is 10.2. The molecule has 1 amide bonds. The molecule has 0 radical (unpaired) electrons. The number of fused-ring (bicyclic) bond motifs is 1. The van der Waals surface area contributed by atoms with Crippen LogP contribution in [0.5, 0.6) is 0 Å². The predicted octanol–water partition coefficient (Wildman–Crippen LogP) is 2.66. The van der Waals surface area contributed by atoms with Crippen LogP contribution in [0.2, 0.25) is 0 Å². The maximum Gasteiger partial charge on any atom is 0.214 e. The summed E-state index contributed by atoms with van der Waals surface area (Å²) in [6, 6.07) is 5.38. The average molecular weight is 229 g/mol. The van der Waals surface area contributed by atoms with Crippen LogP contribution in [0.1, 0.15) is 36.7 Å². The topological polar surface area (TPSA) is 37.4 Å². The number of aldehydes is 1. The molecule has 0 aliphatic carbocycles. The third kappa shape index (κ3) is 1.78. The van der Waals surface area contributed by atoms with Crippen LogP contribution in [-0.2, 0) is 4.79 Å². The molecule has 3 nitrogen and oxygen atoms in total. The van der Waals surface area contributed by atoms with Crippen LogP contribution in [-0.4, -0.2) is 18.2 Å². The van der Waals surface area contributed by atoms with E-state index in [2.05, 4.69) is 0 Å². The summed E-state index contributed by atoms with van der Waals surface area (Å²) in [6.45, 7) is 5.97. The maximum absolute atomic E-state index is 11.2. The van der Waals surface area contributed by atoms with Crippen LogP contribution >= 0.6 is 0 Å². The average Bonchev–Trinajstić information content (AvgIpc) is 2.28. The van der Waals surface area contributed by atoms with Gasteiger partial charge in [0.05, 0.1) is 11.2 Å². The van der Waals surface area contributed by atoms with E-state index in [0.29, 0.717) is 5.56 Å². The van der Waals surface area contributed by atoms with Crippen LogP contribution in [0.3, 0.4) is 0 Å². The first-order valence-corrected chi connectivity index (χ1v) is 5.53. The minimum absolute atomic E-state index is 0.332. The monoisotopic (exact) mass is 229 g/mol. The van der Waals surface area contributed by atoms with Gasteiger partial charge in [0.25, 0.3) is 0 Å². The van der Waals surface area contributed by atoms with Crippen LogP contribution < -0.4 is 4.90 Å². The molecule has 1 aliphatic heterocycles. The molecule has 0 aromatic heterocycles. The Morgan fingerprint density at radius 2 is 1.94 bits per heavy atom. The van der Waals surface area contributed by atoms with E-state index in [-0.39, 0.29) is 5.54 Å². The zero-order chi connectivity index (χ0) is 12.6. The summed E-state index contributed by atoms with van der Waals surface area (Å²) in [6.07, 6.45) is 3.69. The second kappa shape index (κ2) is 3.84. The van der Waals surface area contributed by atoms with Crippen molar-refractivity contribution in [2.75, 3.05) is 4.90 Å². The molecule has 88 valence electrons. The van der Waals surface area contributed by atoms with Crippen molar-refractivity contribution in [2.24, 2.45) is 0 Å². The van der Waals surface area contributed by atoms with E-state index in [1.165, 1.54) is 0 Å². The van der Waals surface area contributed by atoms with Crippen molar-refractivity contribution in [3.05, 3.63) is 35.4 Å². The molecule has 3 heteroatoms. The fourth-order valence-corrected chi connectivity index (χ4v) is 2.33. The summed E-state index contributed by atoms with van der Waals surface area (Å²) in [5.74, 6) is 0. The van der Waals surface area contributed by atoms with Crippen LogP contribution in [0.15, 0.2) is 24.3 Å². The Labute approximate surface area is 101 Å². The normalized spacial score (nSPS) is 17.1. The second-order valence-electron chi connectivity index (χ2n) is 4.85. The Kier molecular flexibility index (Phi) is 2.62. The number of hydrogen-bond donors (Lipinski definition) is 0. The van der Waals surface area contributed by atoms with Gasteiger partial charge in [-0.25, -0.2) is 0 Å².